The van der Waals surface area contributed by atoms with E-state index in [1.165, 1.54) is 18.3 Å². The fourth-order valence-electron chi connectivity index (χ4n) is 0.993. The topological polar surface area (TPSA) is 70.8 Å². The first-order valence-corrected chi connectivity index (χ1v) is 6.43. The number of alkyl halides is 1. The van der Waals surface area contributed by atoms with Crippen molar-refractivity contribution in [2.75, 3.05) is 11.6 Å². The molecule has 0 N–H and O–H groups in total. The van der Waals surface area contributed by atoms with Gasteiger partial charge in [-0.25, -0.2) is 13.4 Å². The summed E-state index contributed by atoms with van der Waals surface area (Å²) in [7, 11) is -3.30. The van der Waals surface area contributed by atoms with Gasteiger partial charge in [0.05, 0.1) is 10.6 Å². The maximum Gasteiger partial charge on any atom is 0.179 e. The van der Waals surface area contributed by atoms with Crippen LogP contribution in [0.5, 0.6) is 0 Å². The van der Waals surface area contributed by atoms with Crippen molar-refractivity contribution in [3.63, 3.8) is 0 Å². The molecule has 0 saturated carbocycles. The van der Waals surface area contributed by atoms with Crippen LogP contribution in [0.25, 0.3) is 0 Å². The van der Waals surface area contributed by atoms with Crippen molar-refractivity contribution in [2.24, 2.45) is 0 Å². The number of nitriles is 1. The van der Waals surface area contributed by atoms with Crippen LogP contribution < -0.4 is 0 Å². The lowest BCUT2D eigenvalue weighted by Crippen LogP contribution is -2.07. The summed E-state index contributed by atoms with van der Waals surface area (Å²) in [4.78, 5) is 3.83. The molecule has 0 fully saturated rings. The molecule has 0 amide bonds. The van der Waals surface area contributed by atoms with Gasteiger partial charge in [0.25, 0.3) is 0 Å². The Morgan fingerprint density at radius 3 is 2.67 bits per heavy atom. The van der Waals surface area contributed by atoms with Gasteiger partial charge in [-0.15, -0.1) is 11.6 Å². The van der Waals surface area contributed by atoms with Crippen LogP contribution in [-0.4, -0.2) is 25.0 Å². The number of aromatic nitrogens is 1. The molecule has 1 rings (SSSR count). The van der Waals surface area contributed by atoms with E-state index in [0.717, 1.165) is 0 Å². The summed E-state index contributed by atoms with van der Waals surface area (Å²) < 4.78 is 23.2. The highest BCUT2D eigenvalue weighted by atomic mass is 35.5. The van der Waals surface area contributed by atoms with Gasteiger partial charge in [0.1, 0.15) is 11.8 Å². The third kappa shape index (κ3) is 3.18. The molecule has 0 aliphatic heterocycles. The zero-order valence-corrected chi connectivity index (χ0v) is 9.42. The van der Waals surface area contributed by atoms with E-state index in [-0.39, 0.29) is 16.3 Å². The number of rotatable bonds is 4. The molecule has 4 nitrogen and oxygen atoms in total. The van der Waals surface area contributed by atoms with Gasteiger partial charge < -0.3 is 0 Å². The zero-order chi connectivity index (χ0) is 11.3. The van der Waals surface area contributed by atoms with Crippen LogP contribution in [0.2, 0.25) is 0 Å². The van der Waals surface area contributed by atoms with E-state index in [4.69, 9.17) is 16.9 Å². The first-order valence-electron chi connectivity index (χ1n) is 4.25. The molecule has 0 aliphatic carbocycles. The summed E-state index contributed by atoms with van der Waals surface area (Å²) in [5.74, 6) is 0.313. The van der Waals surface area contributed by atoms with E-state index < -0.39 is 9.84 Å². The molecule has 1 aromatic heterocycles. The smallest absolute Gasteiger partial charge is 0.179 e. The lowest BCUT2D eigenvalue weighted by atomic mass is 10.4. The van der Waals surface area contributed by atoms with Crippen molar-refractivity contribution < 1.29 is 8.42 Å². The molecule has 0 atom stereocenters. The van der Waals surface area contributed by atoms with Crippen LogP contribution >= 0.6 is 11.6 Å². The Morgan fingerprint density at radius 2 is 2.20 bits per heavy atom. The summed E-state index contributed by atoms with van der Waals surface area (Å²) in [6.07, 6.45) is 1.60. The van der Waals surface area contributed by atoms with Gasteiger partial charge in [-0.2, -0.15) is 5.26 Å². The van der Waals surface area contributed by atoms with E-state index in [9.17, 15) is 8.42 Å². The number of pyridine rings is 1. The number of halogens is 1. The standard InChI is InChI=1S/C9H9ClN2O2S/c10-4-1-5-15(13,14)9-3-2-8(6-11)12-7-9/h2-3,7H,1,4-5H2. The van der Waals surface area contributed by atoms with Crippen LogP contribution in [0.1, 0.15) is 12.1 Å². The van der Waals surface area contributed by atoms with Gasteiger partial charge in [-0.05, 0) is 18.6 Å². The molecule has 0 spiro atoms. The normalized spacial score (nSPS) is 10.9. The number of sulfone groups is 1. The second-order valence-electron chi connectivity index (χ2n) is 2.85. The molecule has 0 aliphatic rings. The average molecular weight is 245 g/mol. The molecule has 0 aromatic carbocycles. The Morgan fingerprint density at radius 1 is 1.47 bits per heavy atom. The van der Waals surface area contributed by atoms with Crippen molar-refractivity contribution in [1.82, 2.24) is 4.98 Å². The molecule has 6 heteroatoms. The van der Waals surface area contributed by atoms with Crippen molar-refractivity contribution >= 4 is 21.4 Å². The predicted molar refractivity (Wildman–Crippen MR) is 56.3 cm³/mol. The van der Waals surface area contributed by atoms with Gasteiger partial charge in [0.15, 0.2) is 9.84 Å². The molecule has 0 saturated heterocycles. The second kappa shape index (κ2) is 5.10. The minimum Gasteiger partial charge on any atom is -0.244 e. The van der Waals surface area contributed by atoms with Crippen LogP contribution in [-0.2, 0) is 9.84 Å². The van der Waals surface area contributed by atoms with Gasteiger partial charge >= 0.3 is 0 Å². The second-order valence-corrected chi connectivity index (χ2v) is 5.34. The fraction of sp³-hybridized carbons (Fsp3) is 0.333. The van der Waals surface area contributed by atoms with Crippen LogP contribution in [0.3, 0.4) is 0 Å². The van der Waals surface area contributed by atoms with Gasteiger partial charge in [0.2, 0.25) is 0 Å². The highest BCUT2D eigenvalue weighted by molar-refractivity contribution is 7.91. The molecule has 0 unspecified atom stereocenters. The Bertz CT molecular complexity index is 462. The molecule has 1 aromatic rings. The molecular formula is C9H9ClN2O2S. The first-order chi connectivity index (χ1) is 7.10. The monoisotopic (exact) mass is 244 g/mol. The number of hydrogen-bond donors (Lipinski definition) is 0. The van der Waals surface area contributed by atoms with Gasteiger partial charge in [0, 0.05) is 12.1 Å². The third-order valence-electron chi connectivity index (χ3n) is 1.76. The molecule has 0 radical (unpaired) electrons. The maximum atomic E-state index is 11.6. The molecule has 15 heavy (non-hydrogen) atoms. The molecule has 80 valence electrons. The number of nitrogens with zero attached hydrogens (tertiary/aromatic N) is 2. The quantitative estimate of drug-likeness (QED) is 0.750. The van der Waals surface area contributed by atoms with Crippen molar-refractivity contribution in [3.8, 4) is 6.07 Å². The summed E-state index contributed by atoms with van der Waals surface area (Å²) in [5, 5.41) is 8.49. The van der Waals surface area contributed by atoms with Crippen LogP contribution in [0.4, 0.5) is 0 Å². The average Bonchev–Trinajstić information content (AvgIpc) is 2.26. The van der Waals surface area contributed by atoms with Gasteiger partial charge in [-0.3, -0.25) is 0 Å². The van der Waals surface area contributed by atoms with E-state index in [1.807, 2.05) is 6.07 Å². The van der Waals surface area contributed by atoms with E-state index in [2.05, 4.69) is 4.98 Å². The van der Waals surface area contributed by atoms with Crippen LogP contribution in [0, 0.1) is 11.3 Å². The SMILES string of the molecule is N#Cc1ccc(S(=O)(=O)CCCCl)cn1. The van der Waals surface area contributed by atoms with E-state index in [0.29, 0.717) is 12.3 Å². The highest BCUT2D eigenvalue weighted by Crippen LogP contribution is 2.11. The minimum absolute atomic E-state index is 0.00405. The zero-order valence-electron chi connectivity index (χ0n) is 7.85. The summed E-state index contributed by atoms with van der Waals surface area (Å²) >= 11 is 5.42. The maximum absolute atomic E-state index is 11.6. The van der Waals surface area contributed by atoms with E-state index >= 15 is 0 Å². The van der Waals surface area contributed by atoms with E-state index in [1.54, 1.807) is 0 Å². The summed E-state index contributed by atoms with van der Waals surface area (Å²) in [5.41, 5.74) is 0.200. The molecular weight excluding hydrogens is 236 g/mol. The van der Waals surface area contributed by atoms with Crippen molar-refractivity contribution in [1.29, 1.82) is 5.26 Å². The van der Waals surface area contributed by atoms with Gasteiger partial charge in [-0.1, -0.05) is 0 Å². The fourth-order valence-corrected chi connectivity index (χ4v) is 2.53. The van der Waals surface area contributed by atoms with Crippen LogP contribution in [0.15, 0.2) is 23.2 Å². The largest absolute Gasteiger partial charge is 0.244 e. The molecule has 0 bridgehead atoms. The third-order valence-corrected chi connectivity index (χ3v) is 3.81. The predicted octanol–water partition coefficient (Wildman–Crippen LogP) is 1.36. The van der Waals surface area contributed by atoms with Crippen molar-refractivity contribution in [2.45, 2.75) is 11.3 Å². The Labute approximate surface area is 93.4 Å². The lowest BCUT2D eigenvalue weighted by Gasteiger charge is -2.01. The Kier molecular flexibility index (Phi) is 4.06. The minimum atomic E-state index is -3.30. The van der Waals surface area contributed by atoms with Crippen molar-refractivity contribution in [3.05, 3.63) is 24.0 Å². The summed E-state index contributed by atoms with van der Waals surface area (Å²) in [6.45, 7) is 0. The lowest BCUT2D eigenvalue weighted by molar-refractivity contribution is 0.594. The first kappa shape index (κ1) is 12.0. The number of hydrogen-bond acceptors (Lipinski definition) is 4. The highest BCUT2D eigenvalue weighted by Gasteiger charge is 2.13. The molecule has 1 heterocycles. The Hall–Kier alpha value is -1.12. The Balaban J connectivity index is 2.92. The summed E-state index contributed by atoms with van der Waals surface area (Å²) in [6, 6.07) is 4.59.